The van der Waals surface area contributed by atoms with Gasteiger partial charge in [-0.15, -0.1) is 5.10 Å². The zero-order valence-electron chi connectivity index (χ0n) is 11.2. The normalized spacial score (nSPS) is 10.4. The molecule has 0 aliphatic carbocycles. The van der Waals surface area contributed by atoms with Gasteiger partial charge < -0.3 is 0 Å². The number of hydrogen-bond acceptors (Lipinski definition) is 4. The average molecular weight is 314 g/mol. The first-order valence-corrected chi connectivity index (χ1v) is 6.75. The second kappa shape index (κ2) is 5.92. The second-order valence-corrected chi connectivity index (χ2v) is 4.91. The third-order valence-electron chi connectivity index (χ3n) is 3.15. The summed E-state index contributed by atoms with van der Waals surface area (Å²) in [4.78, 5) is 4.02. The number of nitrogens with zero attached hydrogens (tertiary/aromatic N) is 5. The number of hydrogen-bond donors (Lipinski definition) is 0. The predicted octanol–water partition coefficient (Wildman–Crippen LogP) is 3.05. The highest BCUT2D eigenvalue weighted by Gasteiger charge is 2.17. The molecule has 2 heterocycles. The Bertz CT molecular complexity index is 834. The van der Waals surface area contributed by atoms with E-state index >= 15 is 0 Å². The molecule has 108 valence electrons. The average Bonchev–Trinajstić information content (AvgIpc) is 2.94. The molecule has 0 fully saturated rings. The Balaban J connectivity index is 2.10. The van der Waals surface area contributed by atoms with Crippen molar-refractivity contribution in [1.82, 2.24) is 20.0 Å². The lowest BCUT2D eigenvalue weighted by molar-refractivity contribution is 0.579. The van der Waals surface area contributed by atoms with Gasteiger partial charge in [-0.25, -0.2) is 9.07 Å². The van der Waals surface area contributed by atoms with Gasteiger partial charge in [0.15, 0.2) is 5.69 Å². The van der Waals surface area contributed by atoms with Crippen molar-refractivity contribution < 1.29 is 4.39 Å². The van der Waals surface area contributed by atoms with E-state index in [2.05, 4.69) is 15.3 Å². The summed E-state index contributed by atoms with van der Waals surface area (Å²) in [5, 5.41) is 17.2. The van der Waals surface area contributed by atoms with Gasteiger partial charge in [0, 0.05) is 28.5 Å². The van der Waals surface area contributed by atoms with Crippen molar-refractivity contribution in [2.75, 3.05) is 0 Å². The Labute approximate surface area is 130 Å². The minimum absolute atomic E-state index is 0.0738. The zero-order chi connectivity index (χ0) is 15.5. The Kier molecular flexibility index (Phi) is 3.81. The highest BCUT2D eigenvalue weighted by molar-refractivity contribution is 6.31. The summed E-state index contributed by atoms with van der Waals surface area (Å²) in [5.74, 6) is -0.432. The van der Waals surface area contributed by atoms with Crippen LogP contribution in [0.3, 0.4) is 0 Å². The molecule has 0 bridgehead atoms. The zero-order valence-corrected chi connectivity index (χ0v) is 12.0. The van der Waals surface area contributed by atoms with Gasteiger partial charge in [-0.2, -0.15) is 5.26 Å². The van der Waals surface area contributed by atoms with Crippen LogP contribution >= 0.6 is 11.6 Å². The van der Waals surface area contributed by atoms with Crippen molar-refractivity contribution in [3.05, 3.63) is 64.8 Å². The third kappa shape index (κ3) is 2.54. The van der Waals surface area contributed by atoms with Gasteiger partial charge in [0.1, 0.15) is 17.6 Å². The van der Waals surface area contributed by atoms with E-state index in [0.717, 1.165) is 0 Å². The molecule has 0 radical (unpaired) electrons. The van der Waals surface area contributed by atoms with Crippen molar-refractivity contribution in [1.29, 1.82) is 5.26 Å². The van der Waals surface area contributed by atoms with E-state index in [1.165, 1.54) is 16.8 Å². The number of pyridine rings is 1. The molecule has 1 aromatic carbocycles. The summed E-state index contributed by atoms with van der Waals surface area (Å²) in [6, 6.07) is 9.97. The lowest BCUT2D eigenvalue weighted by atomic mass is 10.1. The molecule has 0 N–H and O–H groups in total. The molecule has 0 unspecified atom stereocenters. The summed E-state index contributed by atoms with van der Waals surface area (Å²) in [6.07, 6.45) is 3.22. The quantitative estimate of drug-likeness (QED) is 0.745. The van der Waals surface area contributed by atoms with Crippen molar-refractivity contribution in [3.63, 3.8) is 0 Å². The highest BCUT2D eigenvalue weighted by atomic mass is 35.5. The number of aromatic nitrogens is 4. The molecule has 3 aromatic rings. The van der Waals surface area contributed by atoms with Gasteiger partial charge >= 0.3 is 0 Å². The first kappa shape index (κ1) is 14.2. The Morgan fingerprint density at radius 2 is 2.14 bits per heavy atom. The molecule has 0 amide bonds. The topological polar surface area (TPSA) is 67.4 Å². The van der Waals surface area contributed by atoms with Crippen LogP contribution in [0.1, 0.15) is 11.3 Å². The summed E-state index contributed by atoms with van der Waals surface area (Å²) in [6.45, 7) is 0.0738. The minimum atomic E-state index is -0.432. The molecule has 0 aliphatic rings. The first-order chi connectivity index (χ1) is 10.7. The lowest BCUT2D eigenvalue weighted by Gasteiger charge is -2.09. The Morgan fingerprint density at radius 1 is 1.27 bits per heavy atom. The standard InChI is InChI=1S/C15H9ClFN5/c16-12-4-1-5-13(17)11(12)9-22-15(14(7-18)20-21-22)10-3-2-6-19-8-10/h1-6,8H,9H2. The van der Waals surface area contributed by atoms with E-state index in [4.69, 9.17) is 11.6 Å². The molecular formula is C15H9ClFN5. The maximum Gasteiger partial charge on any atom is 0.190 e. The Hall–Kier alpha value is -2.78. The van der Waals surface area contributed by atoms with E-state index in [9.17, 15) is 9.65 Å². The predicted molar refractivity (Wildman–Crippen MR) is 78.5 cm³/mol. The first-order valence-electron chi connectivity index (χ1n) is 6.37. The molecule has 0 aliphatic heterocycles. The smallest absolute Gasteiger partial charge is 0.190 e. The largest absolute Gasteiger partial charge is 0.264 e. The van der Waals surface area contributed by atoms with Crippen LogP contribution in [0.2, 0.25) is 5.02 Å². The monoisotopic (exact) mass is 313 g/mol. The van der Waals surface area contributed by atoms with Crippen LogP contribution in [-0.4, -0.2) is 20.0 Å². The summed E-state index contributed by atoms with van der Waals surface area (Å²) < 4.78 is 15.4. The molecule has 0 spiro atoms. The van der Waals surface area contributed by atoms with Crippen LogP contribution in [0.25, 0.3) is 11.3 Å². The van der Waals surface area contributed by atoms with Crippen molar-refractivity contribution in [2.24, 2.45) is 0 Å². The van der Waals surface area contributed by atoms with E-state index in [0.29, 0.717) is 21.8 Å². The van der Waals surface area contributed by atoms with Crippen LogP contribution in [0.15, 0.2) is 42.7 Å². The fraction of sp³-hybridized carbons (Fsp3) is 0.0667. The highest BCUT2D eigenvalue weighted by Crippen LogP contribution is 2.25. The molecule has 0 atom stereocenters. The van der Waals surface area contributed by atoms with E-state index in [1.54, 1.807) is 30.6 Å². The Morgan fingerprint density at radius 3 is 2.82 bits per heavy atom. The summed E-state index contributed by atoms with van der Waals surface area (Å²) >= 11 is 6.04. The fourth-order valence-corrected chi connectivity index (χ4v) is 2.34. The van der Waals surface area contributed by atoms with Gasteiger partial charge in [-0.05, 0) is 24.3 Å². The van der Waals surface area contributed by atoms with E-state index in [-0.39, 0.29) is 12.2 Å². The van der Waals surface area contributed by atoms with Gasteiger partial charge in [0.2, 0.25) is 0 Å². The van der Waals surface area contributed by atoms with Gasteiger partial charge in [0.25, 0.3) is 0 Å². The number of rotatable bonds is 3. The number of benzene rings is 1. The summed E-state index contributed by atoms with van der Waals surface area (Å²) in [7, 11) is 0. The molecule has 0 saturated heterocycles. The third-order valence-corrected chi connectivity index (χ3v) is 3.50. The molecule has 2 aromatic heterocycles. The molecule has 5 nitrogen and oxygen atoms in total. The molecule has 3 rings (SSSR count). The fourth-order valence-electron chi connectivity index (χ4n) is 2.12. The maximum absolute atomic E-state index is 13.9. The molecular weight excluding hydrogens is 305 g/mol. The number of halogens is 2. The van der Waals surface area contributed by atoms with Crippen LogP contribution < -0.4 is 0 Å². The maximum atomic E-state index is 13.9. The second-order valence-electron chi connectivity index (χ2n) is 4.50. The van der Waals surface area contributed by atoms with Crippen molar-refractivity contribution in [2.45, 2.75) is 6.54 Å². The van der Waals surface area contributed by atoms with E-state index in [1.807, 2.05) is 6.07 Å². The van der Waals surface area contributed by atoms with Crippen molar-refractivity contribution in [3.8, 4) is 17.3 Å². The molecule has 0 saturated carbocycles. The SMILES string of the molecule is N#Cc1nnn(Cc2c(F)cccc2Cl)c1-c1cccnc1. The van der Waals surface area contributed by atoms with Gasteiger partial charge in [-0.3, -0.25) is 4.98 Å². The van der Waals surface area contributed by atoms with Crippen LogP contribution in [0.5, 0.6) is 0 Å². The van der Waals surface area contributed by atoms with E-state index < -0.39 is 5.82 Å². The van der Waals surface area contributed by atoms with Gasteiger partial charge in [0.05, 0.1) is 6.54 Å². The van der Waals surface area contributed by atoms with Crippen LogP contribution in [-0.2, 0) is 6.54 Å². The van der Waals surface area contributed by atoms with Crippen LogP contribution in [0.4, 0.5) is 4.39 Å². The molecule has 7 heteroatoms. The van der Waals surface area contributed by atoms with Crippen LogP contribution in [0, 0.1) is 17.1 Å². The van der Waals surface area contributed by atoms with Crippen molar-refractivity contribution >= 4 is 11.6 Å². The lowest BCUT2D eigenvalue weighted by Crippen LogP contribution is -2.07. The summed E-state index contributed by atoms with van der Waals surface area (Å²) in [5.41, 5.74) is 1.61. The number of nitriles is 1. The molecule has 22 heavy (non-hydrogen) atoms. The minimum Gasteiger partial charge on any atom is -0.264 e. The van der Waals surface area contributed by atoms with Gasteiger partial charge in [-0.1, -0.05) is 22.9 Å².